The third kappa shape index (κ3) is 2.66. The molecule has 3 aromatic rings. The lowest BCUT2D eigenvalue weighted by atomic mass is 10.1. The Bertz CT molecular complexity index is 823. The maximum atomic E-state index is 12.8. The molecule has 1 aromatic heterocycles. The van der Waals surface area contributed by atoms with E-state index in [0.717, 1.165) is 46.2 Å². The number of likely N-dealkylation sites (tertiary alicyclic amines) is 1. The van der Waals surface area contributed by atoms with Gasteiger partial charge in [-0.2, -0.15) is 0 Å². The van der Waals surface area contributed by atoms with Crippen LogP contribution in [0.4, 0.5) is 0 Å². The molecule has 2 aromatic carbocycles. The van der Waals surface area contributed by atoms with Crippen molar-refractivity contribution >= 4 is 17.2 Å². The summed E-state index contributed by atoms with van der Waals surface area (Å²) in [6.07, 6.45) is 1.09. The first-order valence-corrected chi connectivity index (χ1v) is 8.55. The molecule has 0 N–H and O–H groups in total. The SMILES string of the molecule is O=C(c1sc(-c2ccccc2)nc1-c1ccccc1)N1CCC1. The molecule has 0 atom stereocenters. The molecule has 4 rings (SSSR count). The van der Waals surface area contributed by atoms with E-state index >= 15 is 0 Å². The molecule has 0 radical (unpaired) electrons. The molecule has 0 aliphatic carbocycles. The fraction of sp³-hybridized carbons (Fsp3) is 0.158. The van der Waals surface area contributed by atoms with E-state index in [1.165, 1.54) is 11.3 Å². The number of thiazole rings is 1. The third-order valence-electron chi connectivity index (χ3n) is 4.03. The lowest BCUT2D eigenvalue weighted by Crippen LogP contribution is -2.41. The van der Waals surface area contributed by atoms with Crippen LogP contribution in [0, 0.1) is 0 Å². The van der Waals surface area contributed by atoms with Crippen molar-refractivity contribution in [1.82, 2.24) is 9.88 Å². The van der Waals surface area contributed by atoms with Gasteiger partial charge in [0.1, 0.15) is 9.88 Å². The predicted octanol–water partition coefficient (Wildman–Crippen LogP) is 4.32. The summed E-state index contributed by atoms with van der Waals surface area (Å²) in [5.41, 5.74) is 2.85. The number of hydrogen-bond acceptors (Lipinski definition) is 3. The standard InChI is InChI=1S/C19H16N2OS/c22-19(21-12-7-13-21)17-16(14-8-3-1-4-9-14)20-18(23-17)15-10-5-2-6-11-15/h1-6,8-11H,7,12-13H2. The van der Waals surface area contributed by atoms with Crippen LogP contribution in [0.2, 0.25) is 0 Å². The van der Waals surface area contributed by atoms with E-state index in [2.05, 4.69) is 0 Å². The molecule has 114 valence electrons. The lowest BCUT2D eigenvalue weighted by Gasteiger charge is -2.30. The summed E-state index contributed by atoms with van der Waals surface area (Å²) in [4.78, 5) is 20.2. The molecule has 1 aliphatic heterocycles. The molecule has 3 nitrogen and oxygen atoms in total. The molecule has 1 fully saturated rings. The van der Waals surface area contributed by atoms with Crippen LogP contribution in [0.3, 0.4) is 0 Å². The number of benzene rings is 2. The summed E-state index contributed by atoms with van der Waals surface area (Å²) in [6, 6.07) is 20.0. The van der Waals surface area contributed by atoms with Gasteiger partial charge in [0, 0.05) is 24.2 Å². The normalized spacial score (nSPS) is 13.7. The van der Waals surface area contributed by atoms with Crippen LogP contribution in [0.1, 0.15) is 16.1 Å². The monoisotopic (exact) mass is 320 g/mol. The molecule has 1 saturated heterocycles. The Kier molecular flexibility index (Phi) is 3.67. The van der Waals surface area contributed by atoms with Crippen molar-refractivity contribution in [2.45, 2.75) is 6.42 Å². The van der Waals surface area contributed by atoms with Crippen LogP contribution in [-0.2, 0) is 0 Å². The highest BCUT2D eigenvalue weighted by atomic mass is 32.1. The number of carbonyl (C=O) groups excluding carboxylic acids is 1. The van der Waals surface area contributed by atoms with Gasteiger partial charge < -0.3 is 4.90 Å². The van der Waals surface area contributed by atoms with E-state index < -0.39 is 0 Å². The summed E-state index contributed by atoms with van der Waals surface area (Å²) in [5.74, 6) is 0.106. The fourth-order valence-corrected chi connectivity index (χ4v) is 3.68. The molecular weight excluding hydrogens is 304 g/mol. The zero-order chi connectivity index (χ0) is 15.6. The van der Waals surface area contributed by atoms with E-state index in [-0.39, 0.29) is 5.91 Å². The number of rotatable bonds is 3. The highest BCUT2D eigenvalue weighted by Crippen LogP contribution is 2.35. The topological polar surface area (TPSA) is 33.2 Å². The zero-order valence-electron chi connectivity index (χ0n) is 12.6. The fourth-order valence-electron chi connectivity index (χ4n) is 2.62. The number of aromatic nitrogens is 1. The number of amides is 1. The van der Waals surface area contributed by atoms with Gasteiger partial charge in [0.05, 0.1) is 5.69 Å². The highest BCUT2D eigenvalue weighted by molar-refractivity contribution is 7.17. The highest BCUT2D eigenvalue weighted by Gasteiger charge is 2.27. The largest absolute Gasteiger partial charge is 0.338 e. The Morgan fingerprint density at radius 3 is 2.09 bits per heavy atom. The van der Waals surface area contributed by atoms with Gasteiger partial charge in [-0.1, -0.05) is 60.7 Å². The van der Waals surface area contributed by atoms with Crippen molar-refractivity contribution in [3.63, 3.8) is 0 Å². The zero-order valence-corrected chi connectivity index (χ0v) is 13.4. The van der Waals surface area contributed by atoms with Crippen molar-refractivity contribution in [3.05, 3.63) is 65.5 Å². The molecule has 0 saturated carbocycles. The minimum atomic E-state index is 0.106. The van der Waals surface area contributed by atoms with Crippen LogP contribution < -0.4 is 0 Å². The average molecular weight is 320 g/mol. The summed E-state index contributed by atoms with van der Waals surface area (Å²) < 4.78 is 0. The minimum absolute atomic E-state index is 0.106. The summed E-state index contributed by atoms with van der Waals surface area (Å²) in [5, 5.41) is 0.897. The second-order valence-electron chi connectivity index (χ2n) is 5.57. The van der Waals surface area contributed by atoms with Gasteiger partial charge in [0.25, 0.3) is 5.91 Å². The lowest BCUT2D eigenvalue weighted by molar-refractivity contribution is 0.0657. The number of nitrogens with zero attached hydrogens (tertiary/aromatic N) is 2. The summed E-state index contributed by atoms with van der Waals surface area (Å²) in [6.45, 7) is 1.71. The summed E-state index contributed by atoms with van der Waals surface area (Å²) in [7, 11) is 0. The molecule has 0 bridgehead atoms. The van der Waals surface area contributed by atoms with E-state index in [4.69, 9.17) is 4.98 Å². The second-order valence-corrected chi connectivity index (χ2v) is 6.57. The Morgan fingerprint density at radius 1 is 0.913 bits per heavy atom. The van der Waals surface area contributed by atoms with Crippen LogP contribution in [0.15, 0.2) is 60.7 Å². The smallest absolute Gasteiger partial charge is 0.266 e. The van der Waals surface area contributed by atoms with E-state index in [0.29, 0.717) is 0 Å². The van der Waals surface area contributed by atoms with Crippen molar-refractivity contribution in [2.75, 3.05) is 13.1 Å². The first-order valence-electron chi connectivity index (χ1n) is 7.74. The molecule has 1 aliphatic rings. The Balaban J connectivity index is 1.82. The molecule has 0 spiro atoms. The number of carbonyl (C=O) groups is 1. The summed E-state index contributed by atoms with van der Waals surface area (Å²) >= 11 is 1.49. The first-order chi connectivity index (χ1) is 11.3. The Labute approximate surface area is 139 Å². The second kappa shape index (κ2) is 5.97. The minimum Gasteiger partial charge on any atom is -0.338 e. The molecular formula is C19H16N2OS. The quantitative estimate of drug-likeness (QED) is 0.720. The van der Waals surface area contributed by atoms with Crippen LogP contribution in [0.5, 0.6) is 0 Å². The van der Waals surface area contributed by atoms with E-state index in [1.54, 1.807) is 0 Å². The average Bonchev–Trinajstić information content (AvgIpc) is 3.00. The van der Waals surface area contributed by atoms with Gasteiger partial charge in [-0.05, 0) is 6.42 Å². The van der Waals surface area contributed by atoms with Crippen LogP contribution >= 0.6 is 11.3 Å². The predicted molar refractivity (Wildman–Crippen MR) is 93.5 cm³/mol. The number of hydrogen-bond donors (Lipinski definition) is 0. The maximum absolute atomic E-state index is 12.8. The van der Waals surface area contributed by atoms with Gasteiger partial charge in [-0.15, -0.1) is 11.3 Å². The molecule has 0 unspecified atom stereocenters. The molecule has 2 heterocycles. The van der Waals surface area contributed by atoms with Gasteiger partial charge >= 0.3 is 0 Å². The van der Waals surface area contributed by atoms with Crippen LogP contribution in [-0.4, -0.2) is 28.9 Å². The van der Waals surface area contributed by atoms with E-state index in [1.807, 2.05) is 65.6 Å². The van der Waals surface area contributed by atoms with Gasteiger partial charge in [-0.25, -0.2) is 4.98 Å². The van der Waals surface area contributed by atoms with Crippen LogP contribution in [0.25, 0.3) is 21.8 Å². The van der Waals surface area contributed by atoms with E-state index in [9.17, 15) is 4.79 Å². The maximum Gasteiger partial charge on any atom is 0.266 e. The molecule has 23 heavy (non-hydrogen) atoms. The Hall–Kier alpha value is -2.46. The van der Waals surface area contributed by atoms with Gasteiger partial charge in [0.2, 0.25) is 0 Å². The molecule has 4 heteroatoms. The first kappa shape index (κ1) is 14.2. The van der Waals surface area contributed by atoms with Crippen molar-refractivity contribution in [3.8, 4) is 21.8 Å². The van der Waals surface area contributed by atoms with Gasteiger partial charge in [0.15, 0.2) is 0 Å². The van der Waals surface area contributed by atoms with Crippen molar-refractivity contribution in [2.24, 2.45) is 0 Å². The van der Waals surface area contributed by atoms with Gasteiger partial charge in [-0.3, -0.25) is 4.79 Å². The van der Waals surface area contributed by atoms with Crippen molar-refractivity contribution < 1.29 is 4.79 Å². The Morgan fingerprint density at radius 2 is 1.52 bits per heavy atom. The third-order valence-corrected chi connectivity index (χ3v) is 5.13. The molecule has 1 amide bonds. The van der Waals surface area contributed by atoms with Crippen molar-refractivity contribution in [1.29, 1.82) is 0 Å².